The molecule has 7 nitrogen and oxygen atoms in total. The first-order valence-corrected chi connectivity index (χ1v) is 7.52. The maximum atomic E-state index is 11.9. The second-order valence-electron chi connectivity index (χ2n) is 5.06. The summed E-state index contributed by atoms with van der Waals surface area (Å²) in [5.41, 5.74) is 1.58. The number of ether oxygens (including phenoxy) is 1. The molecule has 0 aliphatic carbocycles. The Morgan fingerprint density at radius 1 is 1.25 bits per heavy atom. The van der Waals surface area contributed by atoms with Crippen molar-refractivity contribution in [2.45, 2.75) is 6.42 Å². The molecule has 2 amide bonds. The Morgan fingerprint density at radius 3 is 2.79 bits per heavy atom. The first-order chi connectivity index (χ1) is 11.7. The van der Waals surface area contributed by atoms with Gasteiger partial charge in [-0.05, 0) is 36.4 Å². The number of amides is 2. The summed E-state index contributed by atoms with van der Waals surface area (Å²) >= 11 is 0. The smallest absolute Gasteiger partial charge is 0.319 e. The zero-order valence-corrected chi connectivity index (χ0v) is 13.2. The van der Waals surface area contributed by atoms with Crippen molar-refractivity contribution < 1.29 is 13.9 Å². The molecule has 0 atom stereocenters. The van der Waals surface area contributed by atoms with Crippen LogP contribution in [0.4, 0.5) is 10.5 Å². The molecule has 24 heavy (non-hydrogen) atoms. The molecule has 2 heterocycles. The Balaban J connectivity index is 1.45. The highest BCUT2D eigenvalue weighted by Gasteiger charge is 2.05. The third kappa shape index (κ3) is 3.95. The van der Waals surface area contributed by atoms with Gasteiger partial charge in [0, 0.05) is 30.9 Å². The highest BCUT2D eigenvalue weighted by molar-refractivity contribution is 5.89. The van der Waals surface area contributed by atoms with Gasteiger partial charge in [0.2, 0.25) is 5.88 Å². The summed E-state index contributed by atoms with van der Waals surface area (Å²) in [5.74, 6) is 1.40. The van der Waals surface area contributed by atoms with Crippen LogP contribution in [0.5, 0.6) is 5.75 Å². The number of hydrogen-bond donors (Lipinski definition) is 2. The largest absolute Gasteiger partial charge is 0.497 e. The second-order valence-corrected chi connectivity index (χ2v) is 5.06. The van der Waals surface area contributed by atoms with Gasteiger partial charge in [-0.2, -0.15) is 5.10 Å². The van der Waals surface area contributed by atoms with E-state index in [-0.39, 0.29) is 6.03 Å². The Kier molecular flexibility index (Phi) is 4.81. The van der Waals surface area contributed by atoms with Crippen LogP contribution < -0.4 is 15.4 Å². The van der Waals surface area contributed by atoms with Crippen molar-refractivity contribution in [3.8, 4) is 11.6 Å². The van der Waals surface area contributed by atoms with E-state index in [1.807, 2.05) is 24.4 Å². The van der Waals surface area contributed by atoms with Crippen LogP contribution in [0, 0.1) is 0 Å². The minimum Gasteiger partial charge on any atom is -0.497 e. The summed E-state index contributed by atoms with van der Waals surface area (Å²) in [6, 6.07) is 12.4. The first-order valence-electron chi connectivity index (χ1n) is 7.52. The summed E-state index contributed by atoms with van der Waals surface area (Å²) < 4.78 is 12.0. The molecule has 0 aliphatic heterocycles. The quantitative estimate of drug-likeness (QED) is 0.730. The van der Waals surface area contributed by atoms with Crippen molar-refractivity contribution in [3.63, 3.8) is 0 Å². The molecule has 7 heteroatoms. The molecule has 0 radical (unpaired) electrons. The van der Waals surface area contributed by atoms with E-state index >= 15 is 0 Å². The topological polar surface area (TPSA) is 81.3 Å². The zero-order chi connectivity index (χ0) is 16.8. The van der Waals surface area contributed by atoms with Crippen molar-refractivity contribution in [3.05, 3.63) is 60.6 Å². The minimum absolute atomic E-state index is 0.259. The molecule has 0 fully saturated rings. The van der Waals surface area contributed by atoms with E-state index in [2.05, 4.69) is 15.7 Å². The number of nitrogens with one attached hydrogen (secondary N) is 2. The number of carbonyl (C=O) groups excluding carboxylic acids is 1. The van der Waals surface area contributed by atoms with Crippen molar-refractivity contribution >= 4 is 11.7 Å². The van der Waals surface area contributed by atoms with Crippen LogP contribution in [-0.4, -0.2) is 29.5 Å². The van der Waals surface area contributed by atoms with Crippen LogP contribution in [0.3, 0.4) is 0 Å². The van der Waals surface area contributed by atoms with Gasteiger partial charge in [0.25, 0.3) is 0 Å². The average Bonchev–Trinajstić information content (AvgIpc) is 3.27. The standard InChI is InChI=1S/C17H18N4O3/c1-23-15-6-4-13(5-7-15)19-17(22)18-10-8-14-9-11-21(20-14)16-3-2-12-24-16/h2-7,9,11-12H,8,10H2,1H3,(H2,18,19,22). The fraction of sp³-hybridized carbons (Fsp3) is 0.176. The van der Waals surface area contributed by atoms with E-state index in [9.17, 15) is 4.79 Å². The molecule has 0 bridgehead atoms. The van der Waals surface area contributed by atoms with E-state index in [1.54, 1.807) is 42.3 Å². The summed E-state index contributed by atoms with van der Waals surface area (Å²) in [7, 11) is 1.60. The highest BCUT2D eigenvalue weighted by Crippen LogP contribution is 2.14. The number of nitrogens with zero attached hydrogens (tertiary/aromatic N) is 2. The molecule has 0 spiro atoms. The lowest BCUT2D eigenvalue weighted by Crippen LogP contribution is -2.30. The molecule has 2 N–H and O–H groups in total. The molecule has 0 aliphatic rings. The Hall–Kier alpha value is -3.22. The van der Waals surface area contributed by atoms with Crippen LogP contribution in [0.25, 0.3) is 5.88 Å². The van der Waals surface area contributed by atoms with Crippen molar-refractivity contribution in [1.29, 1.82) is 0 Å². The van der Waals surface area contributed by atoms with E-state index in [0.29, 0.717) is 24.5 Å². The maximum Gasteiger partial charge on any atom is 0.319 e. The fourth-order valence-electron chi connectivity index (χ4n) is 2.17. The molecule has 0 unspecified atom stereocenters. The lowest BCUT2D eigenvalue weighted by molar-refractivity contribution is 0.252. The molecule has 3 aromatic rings. The van der Waals surface area contributed by atoms with Gasteiger partial charge in [0.05, 0.1) is 19.1 Å². The van der Waals surface area contributed by atoms with Gasteiger partial charge >= 0.3 is 6.03 Å². The van der Waals surface area contributed by atoms with Gasteiger partial charge in [0.15, 0.2) is 0 Å². The first kappa shape index (κ1) is 15.7. The predicted octanol–water partition coefficient (Wildman–Crippen LogP) is 2.84. The second kappa shape index (κ2) is 7.36. The van der Waals surface area contributed by atoms with Gasteiger partial charge < -0.3 is 19.8 Å². The van der Waals surface area contributed by atoms with E-state index < -0.39 is 0 Å². The molecule has 3 rings (SSSR count). The number of rotatable bonds is 6. The Morgan fingerprint density at radius 2 is 2.08 bits per heavy atom. The van der Waals surface area contributed by atoms with E-state index in [0.717, 1.165) is 11.4 Å². The molecule has 1 aromatic carbocycles. The Labute approximate surface area is 139 Å². The molecular weight excluding hydrogens is 308 g/mol. The van der Waals surface area contributed by atoms with Gasteiger partial charge in [0.1, 0.15) is 5.75 Å². The molecule has 2 aromatic heterocycles. The van der Waals surface area contributed by atoms with Crippen LogP contribution in [-0.2, 0) is 6.42 Å². The summed E-state index contributed by atoms with van der Waals surface area (Å²) in [6.45, 7) is 0.483. The van der Waals surface area contributed by atoms with Crippen molar-refractivity contribution in [1.82, 2.24) is 15.1 Å². The fourth-order valence-corrected chi connectivity index (χ4v) is 2.17. The van der Waals surface area contributed by atoms with Gasteiger partial charge in [-0.15, -0.1) is 0 Å². The SMILES string of the molecule is COc1ccc(NC(=O)NCCc2ccn(-c3ccco3)n2)cc1. The highest BCUT2D eigenvalue weighted by atomic mass is 16.5. The van der Waals surface area contributed by atoms with Crippen LogP contribution >= 0.6 is 0 Å². The normalized spacial score (nSPS) is 10.4. The summed E-state index contributed by atoms with van der Waals surface area (Å²) in [5, 5.41) is 9.95. The zero-order valence-electron chi connectivity index (χ0n) is 13.2. The monoisotopic (exact) mass is 326 g/mol. The Bertz CT molecular complexity index is 779. The third-order valence-corrected chi connectivity index (χ3v) is 3.39. The van der Waals surface area contributed by atoms with Crippen LogP contribution in [0.2, 0.25) is 0 Å². The molecular formula is C17H18N4O3. The van der Waals surface area contributed by atoms with Gasteiger partial charge in [-0.25, -0.2) is 9.48 Å². The van der Waals surface area contributed by atoms with Crippen LogP contribution in [0.15, 0.2) is 59.3 Å². The lowest BCUT2D eigenvalue weighted by Gasteiger charge is -2.07. The average molecular weight is 326 g/mol. The predicted molar refractivity (Wildman–Crippen MR) is 89.5 cm³/mol. The number of furan rings is 1. The molecule has 124 valence electrons. The number of aromatic nitrogens is 2. The summed E-state index contributed by atoms with van der Waals surface area (Å²) in [6.07, 6.45) is 4.05. The lowest BCUT2D eigenvalue weighted by atomic mass is 10.3. The number of anilines is 1. The number of methoxy groups -OCH3 is 1. The number of urea groups is 1. The number of carbonyl (C=O) groups is 1. The maximum absolute atomic E-state index is 11.9. The minimum atomic E-state index is -0.259. The van der Waals surface area contributed by atoms with Crippen molar-refractivity contribution in [2.24, 2.45) is 0 Å². The molecule has 0 saturated heterocycles. The number of hydrogen-bond acceptors (Lipinski definition) is 4. The van der Waals surface area contributed by atoms with E-state index in [4.69, 9.17) is 9.15 Å². The van der Waals surface area contributed by atoms with Crippen LogP contribution in [0.1, 0.15) is 5.69 Å². The number of benzene rings is 1. The van der Waals surface area contributed by atoms with Crippen molar-refractivity contribution in [2.75, 3.05) is 19.0 Å². The van der Waals surface area contributed by atoms with Gasteiger partial charge in [-0.1, -0.05) is 0 Å². The van der Waals surface area contributed by atoms with E-state index in [1.165, 1.54) is 0 Å². The third-order valence-electron chi connectivity index (χ3n) is 3.39. The summed E-state index contributed by atoms with van der Waals surface area (Å²) in [4.78, 5) is 11.9. The molecule has 0 saturated carbocycles. The van der Waals surface area contributed by atoms with Gasteiger partial charge in [-0.3, -0.25) is 0 Å².